The fraction of sp³-hybridized carbons (Fsp3) is 0.474. The molecule has 1 aromatic heterocycles. The Morgan fingerprint density at radius 2 is 2.12 bits per heavy atom. The highest BCUT2D eigenvalue weighted by Crippen LogP contribution is 2.33. The summed E-state index contributed by atoms with van der Waals surface area (Å²) in [5.41, 5.74) is 0.497. The van der Waals surface area contributed by atoms with Crippen LogP contribution < -0.4 is 10.1 Å². The standard InChI is InChI=1S/C19H24ClN3O2/c1-13-22-11-17(18(23-13)14-6-8-21-9-7-14)19(2,24)12-25-16-5-3-4-15(20)10-16/h3-5,10-11,14,21,24H,6-9,12H2,1-2H3. The van der Waals surface area contributed by atoms with Crippen LogP contribution in [0.1, 0.15) is 42.8 Å². The fourth-order valence-electron chi connectivity index (χ4n) is 3.17. The van der Waals surface area contributed by atoms with E-state index in [9.17, 15) is 5.11 Å². The molecule has 1 fully saturated rings. The van der Waals surface area contributed by atoms with Gasteiger partial charge < -0.3 is 15.2 Å². The molecule has 1 atom stereocenters. The maximum absolute atomic E-state index is 11.1. The molecule has 2 N–H and O–H groups in total. The van der Waals surface area contributed by atoms with E-state index < -0.39 is 5.60 Å². The molecule has 134 valence electrons. The molecule has 5 nitrogen and oxygen atoms in total. The van der Waals surface area contributed by atoms with Crippen LogP contribution in [-0.2, 0) is 5.60 Å². The third kappa shape index (κ3) is 4.48. The van der Waals surface area contributed by atoms with Gasteiger partial charge in [-0.2, -0.15) is 0 Å². The highest BCUT2D eigenvalue weighted by Gasteiger charge is 2.32. The molecule has 1 aliphatic heterocycles. The molecule has 3 rings (SSSR count). The summed E-state index contributed by atoms with van der Waals surface area (Å²) in [5, 5.41) is 15.0. The monoisotopic (exact) mass is 361 g/mol. The number of hydrogen-bond acceptors (Lipinski definition) is 5. The number of aliphatic hydroxyl groups is 1. The lowest BCUT2D eigenvalue weighted by atomic mass is 9.86. The summed E-state index contributed by atoms with van der Waals surface area (Å²) >= 11 is 5.99. The Labute approximate surface area is 153 Å². The van der Waals surface area contributed by atoms with Gasteiger partial charge in [-0.25, -0.2) is 9.97 Å². The Bertz CT molecular complexity index is 730. The smallest absolute Gasteiger partial charge is 0.125 e. The molecule has 0 amide bonds. The molecule has 0 bridgehead atoms. The topological polar surface area (TPSA) is 67.3 Å². The van der Waals surface area contributed by atoms with Gasteiger partial charge in [0.15, 0.2) is 0 Å². The predicted molar refractivity (Wildman–Crippen MR) is 98.1 cm³/mol. The molecule has 6 heteroatoms. The minimum absolute atomic E-state index is 0.109. The van der Waals surface area contributed by atoms with Crippen molar-refractivity contribution in [2.45, 2.75) is 38.2 Å². The zero-order chi connectivity index (χ0) is 17.9. The average molecular weight is 362 g/mol. The molecule has 0 saturated carbocycles. The first-order valence-electron chi connectivity index (χ1n) is 8.61. The minimum atomic E-state index is -1.18. The highest BCUT2D eigenvalue weighted by atomic mass is 35.5. The second-order valence-electron chi connectivity index (χ2n) is 6.76. The summed E-state index contributed by atoms with van der Waals surface area (Å²) < 4.78 is 5.78. The molecule has 2 heterocycles. The van der Waals surface area contributed by atoms with Crippen molar-refractivity contribution >= 4 is 11.6 Å². The van der Waals surface area contributed by atoms with Gasteiger partial charge in [-0.3, -0.25) is 0 Å². The predicted octanol–water partition coefficient (Wildman–Crippen LogP) is 3.19. The van der Waals surface area contributed by atoms with E-state index in [0.29, 0.717) is 16.7 Å². The normalized spacial score (nSPS) is 17.9. The molecule has 0 aliphatic carbocycles. The molecule has 25 heavy (non-hydrogen) atoms. The van der Waals surface area contributed by atoms with E-state index >= 15 is 0 Å². The third-order valence-corrected chi connectivity index (χ3v) is 4.80. The Morgan fingerprint density at radius 3 is 2.84 bits per heavy atom. The van der Waals surface area contributed by atoms with Crippen molar-refractivity contribution in [3.63, 3.8) is 0 Å². The highest BCUT2D eigenvalue weighted by molar-refractivity contribution is 6.30. The second-order valence-corrected chi connectivity index (χ2v) is 7.20. The molecule has 1 aromatic carbocycles. The van der Waals surface area contributed by atoms with E-state index in [-0.39, 0.29) is 6.61 Å². The number of halogens is 1. The number of hydrogen-bond donors (Lipinski definition) is 2. The average Bonchev–Trinajstić information content (AvgIpc) is 2.61. The van der Waals surface area contributed by atoms with E-state index in [0.717, 1.165) is 43.0 Å². The van der Waals surface area contributed by atoms with E-state index in [1.807, 2.05) is 19.1 Å². The number of piperidine rings is 1. The maximum Gasteiger partial charge on any atom is 0.125 e. The van der Waals surface area contributed by atoms with E-state index in [1.165, 1.54) is 0 Å². The van der Waals surface area contributed by atoms with E-state index in [1.54, 1.807) is 25.3 Å². The van der Waals surface area contributed by atoms with Crippen molar-refractivity contribution in [3.05, 3.63) is 52.6 Å². The van der Waals surface area contributed by atoms with Crippen molar-refractivity contribution in [1.82, 2.24) is 15.3 Å². The summed E-state index contributed by atoms with van der Waals surface area (Å²) in [6.07, 6.45) is 3.75. The van der Waals surface area contributed by atoms with Gasteiger partial charge in [0.05, 0.1) is 5.69 Å². The summed E-state index contributed by atoms with van der Waals surface area (Å²) in [5.74, 6) is 1.68. The first kappa shape index (κ1) is 18.1. The van der Waals surface area contributed by atoms with Crippen molar-refractivity contribution < 1.29 is 9.84 Å². The quantitative estimate of drug-likeness (QED) is 0.856. The Balaban J connectivity index is 1.83. The van der Waals surface area contributed by atoms with Gasteiger partial charge in [-0.15, -0.1) is 0 Å². The molecular weight excluding hydrogens is 338 g/mol. The van der Waals surface area contributed by atoms with Crippen LogP contribution in [0.5, 0.6) is 5.75 Å². The minimum Gasteiger partial charge on any atom is -0.490 e. The van der Waals surface area contributed by atoms with Crippen LogP contribution in [0.2, 0.25) is 5.02 Å². The van der Waals surface area contributed by atoms with Crippen LogP contribution in [0.25, 0.3) is 0 Å². The number of ether oxygens (including phenoxy) is 1. The second kappa shape index (κ2) is 7.68. The summed E-state index contributed by atoms with van der Waals surface area (Å²) in [6, 6.07) is 7.16. The third-order valence-electron chi connectivity index (χ3n) is 4.56. The van der Waals surface area contributed by atoms with E-state index in [2.05, 4.69) is 15.3 Å². The number of nitrogens with zero attached hydrogens (tertiary/aromatic N) is 2. The largest absolute Gasteiger partial charge is 0.490 e. The number of nitrogens with one attached hydrogen (secondary N) is 1. The maximum atomic E-state index is 11.1. The Morgan fingerprint density at radius 1 is 1.36 bits per heavy atom. The van der Waals surface area contributed by atoms with Crippen LogP contribution in [0, 0.1) is 6.92 Å². The van der Waals surface area contributed by atoms with Crippen LogP contribution >= 0.6 is 11.6 Å². The van der Waals surface area contributed by atoms with Crippen LogP contribution in [-0.4, -0.2) is 34.8 Å². The SMILES string of the molecule is Cc1ncc(C(C)(O)COc2cccc(Cl)c2)c(C2CCNCC2)n1. The van der Waals surface area contributed by atoms with Crippen molar-refractivity contribution in [2.24, 2.45) is 0 Å². The lowest BCUT2D eigenvalue weighted by Gasteiger charge is -2.30. The number of aryl methyl sites for hydroxylation is 1. The van der Waals surface area contributed by atoms with Crippen molar-refractivity contribution in [2.75, 3.05) is 19.7 Å². The van der Waals surface area contributed by atoms with Gasteiger partial charge in [0, 0.05) is 22.7 Å². The zero-order valence-electron chi connectivity index (χ0n) is 14.6. The summed E-state index contributed by atoms with van der Waals surface area (Å²) in [6.45, 7) is 5.67. The van der Waals surface area contributed by atoms with Gasteiger partial charge >= 0.3 is 0 Å². The lowest BCUT2D eigenvalue weighted by Crippen LogP contribution is -2.34. The van der Waals surface area contributed by atoms with Gasteiger partial charge in [0.1, 0.15) is 23.8 Å². The van der Waals surface area contributed by atoms with Gasteiger partial charge in [-0.1, -0.05) is 17.7 Å². The van der Waals surface area contributed by atoms with Crippen molar-refractivity contribution in [3.8, 4) is 5.75 Å². The van der Waals surface area contributed by atoms with Crippen LogP contribution in [0.15, 0.2) is 30.5 Å². The van der Waals surface area contributed by atoms with Gasteiger partial charge in [0.25, 0.3) is 0 Å². The van der Waals surface area contributed by atoms with Gasteiger partial charge in [-0.05, 0) is 58.0 Å². The molecular formula is C19H24ClN3O2. The molecule has 2 aromatic rings. The number of aromatic nitrogens is 2. The Kier molecular flexibility index (Phi) is 5.57. The Hall–Kier alpha value is -1.69. The number of benzene rings is 1. The summed E-state index contributed by atoms with van der Waals surface area (Å²) in [4.78, 5) is 8.96. The molecule has 1 unspecified atom stereocenters. The lowest BCUT2D eigenvalue weighted by molar-refractivity contribution is 0.00571. The molecule has 1 aliphatic rings. The molecule has 1 saturated heterocycles. The van der Waals surface area contributed by atoms with Crippen LogP contribution in [0.4, 0.5) is 0 Å². The van der Waals surface area contributed by atoms with E-state index in [4.69, 9.17) is 16.3 Å². The van der Waals surface area contributed by atoms with Crippen molar-refractivity contribution in [1.29, 1.82) is 0 Å². The fourth-order valence-corrected chi connectivity index (χ4v) is 3.35. The van der Waals surface area contributed by atoms with Gasteiger partial charge in [0.2, 0.25) is 0 Å². The first-order chi connectivity index (χ1) is 12.0. The molecule has 0 spiro atoms. The first-order valence-corrected chi connectivity index (χ1v) is 8.99. The molecule has 0 radical (unpaired) electrons. The number of rotatable bonds is 5. The summed E-state index contributed by atoms with van der Waals surface area (Å²) in [7, 11) is 0. The zero-order valence-corrected chi connectivity index (χ0v) is 15.4. The van der Waals surface area contributed by atoms with Crippen LogP contribution in [0.3, 0.4) is 0 Å².